The number of hydrogen-bond donors (Lipinski definition) is 0. The van der Waals surface area contributed by atoms with Crippen LogP contribution in [0, 0.1) is 0 Å². The average Bonchev–Trinajstić information content (AvgIpc) is 3.43. The molecule has 0 fully saturated rings. The Kier molecular flexibility index (Phi) is 60.4. The third kappa shape index (κ3) is 62.3. The van der Waals surface area contributed by atoms with Crippen molar-refractivity contribution >= 4 is 17.9 Å². The van der Waals surface area contributed by atoms with Gasteiger partial charge in [0.15, 0.2) is 6.10 Å². The van der Waals surface area contributed by atoms with E-state index in [-0.39, 0.29) is 44.0 Å². The molecule has 436 valence electrons. The van der Waals surface area contributed by atoms with E-state index in [0.717, 1.165) is 96.3 Å². The summed E-state index contributed by atoms with van der Waals surface area (Å²) < 4.78 is 16.8. The van der Waals surface area contributed by atoms with Gasteiger partial charge >= 0.3 is 17.9 Å². The molecule has 0 N–H and O–H groups in total. The van der Waals surface area contributed by atoms with Crippen LogP contribution in [0.3, 0.4) is 0 Å². The van der Waals surface area contributed by atoms with Gasteiger partial charge in [0, 0.05) is 19.3 Å². The largest absolute Gasteiger partial charge is 0.462 e. The van der Waals surface area contributed by atoms with Gasteiger partial charge in [-0.1, -0.05) is 270 Å². The summed E-state index contributed by atoms with van der Waals surface area (Å²) >= 11 is 0. The van der Waals surface area contributed by atoms with E-state index in [1.807, 2.05) is 12.2 Å². The summed E-state index contributed by atoms with van der Waals surface area (Å²) in [6.45, 7) is 6.32. The Morgan fingerprint density at radius 1 is 0.273 bits per heavy atom. The van der Waals surface area contributed by atoms with Crippen molar-refractivity contribution < 1.29 is 28.6 Å². The van der Waals surface area contributed by atoms with Crippen molar-refractivity contribution in [1.29, 1.82) is 0 Å². The Balaban J connectivity index is 4.43. The number of allylic oxidation sites excluding steroid dienone is 22. The summed E-state index contributed by atoms with van der Waals surface area (Å²) in [5.74, 6) is -1.05. The number of rotatable bonds is 56. The van der Waals surface area contributed by atoms with E-state index in [4.69, 9.17) is 14.2 Å². The number of unbranched alkanes of at least 4 members (excludes halogenated alkanes) is 23. The van der Waals surface area contributed by atoms with Gasteiger partial charge in [0.25, 0.3) is 0 Å². The predicted octanol–water partition coefficient (Wildman–Crippen LogP) is 21.8. The van der Waals surface area contributed by atoms with Crippen molar-refractivity contribution in [2.45, 2.75) is 284 Å². The molecular weight excluding hydrogens is 949 g/mol. The Labute approximate surface area is 475 Å². The number of esters is 3. The molecule has 0 aliphatic heterocycles. The number of carbonyl (C=O) groups is 3. The molecule has 0 heterocycles. The van der Waals surface area contributed by atoms with Crippen molar-refractivity contribution in [2.75, 3.05) is 13.2 Å². The Morgan fingerprint density at radius 2 is 0.532 bits per heavy atom. The van der Waals surface area contributed by atoms with Gasteiger partial charge in [-0.25, -0.2) is 0 Å². The third-order valence-electron chi connectivity index (χ3n) is 13.1. The van der Waals surface area contributed by atoms with Crippen LogP contribution in [0.5, 0.6) is 0 Å². The minimum Gasteiger partial charge on any atom is -0.462 e. The summed E-state index contributed by atoms with van der Waals surface area (Å²) in [6, 6.07) is 0. The second kappa shape index (κ2) is 64.1. The van der Waals surface area contributed by atoms with Gasteiger partial charge in [-0.15, -0.1) is 0 Å². The summed E-state index contributed by atoms with van der Waals surface area (Å²) in [5, 5.41) is 0. The molecule has 1 atom stereocenters. The molecule has 0 amide bonds. The second-order valence-corrected chi connectivity index (χ2v) is 20.5. The SMILES string of the molecule is CC/C=C\C/C=C\C/C=C\C/C=C\C/C=C\C/C=C\CCCCC(=O)OC(COC(=O)CC/C=C\C/C=C\C/C=C\C/C=C\CC)COC(=O)CCCCCCCCCCCCCCC/C=C\CCCCCCCCCC. The highest BCUT2D eigenvalue weighted by Crippen LogP contribution is 2.15. The van der Waals surface area contributed by atoms with Crippen LogP contribution in [0.4, 0.5) is 0 Å². The van der Waals surface area contributed by atoms with E-state index in [9.17, 15) is 14.4 Å². The van der Waals surface area contributed by atoms with E-state index < -0.39 is 6.10 Å². The van der Waals surface area contributed by atoms with Crippen molar-refractivity contribution in [3.8, 4) is 0 Å². The second-order valence-electron chi connectivity index (χ2n) is 20.5. The molecule has 6 heteroatoms. The first-order valence-electron chi connectivity index (χ1n) is 31.7. The fraction of sp³-hybridized carbons (Fsp3) is 0.648. The molecule has 0 radical (unpaired) electrons. The van der Waals surface area contributed by atoms with Gasteiger partial charge in [0.1, 0.15) is 13.2 Å². The number of carbonyl (C=O) groups excluding carboxylic acids is 3. The Bertz CT molecular complexity index is 1650. The quantitative estimate of drug-likeness (QED) is 0.0261. The monoisotopic (exact) mass is 1060 g/mol. The zero-order valence-corrected chi connectivity index (χ0v) is 49.9. The highest BCUT2D eigenvalue weighted by molar-refractivity contribution is 5.71. The van der Waals surface area contributed by atoms with Crippen LogP contribution in [0.1, 0.15) is 278 Å². The van der Waals surface area contributed by atoms with Crippen LogP contribution < -0.4 is 0 Å². The molecule has 0 aliphatic rings. The molecular formula is C71H116O6. The van der Waals surface area contributed by atoms with Gasteiger partial charge < -0.3 is 14.2 Å². The first-order valence-corrected chi connectivity index (χ1v) is 31.7. The number of ether oxygens (including phenoxy) is 3. The van der Waals surface area contributed by atoms with Gasteiger partial charge in [-0.3, -0.25) is 14.4 Å². The van der Waals surface area contributed by atoms with E-state index in [1.54, 1.807) is 0 Å². The van der Waals surface area contributed by atoms with Gasteiger partial charge in [-0.05, 0) is 122 Å². The van der Waals surface area contributed by atoms with Crippen LogP contribution in [0.2, 0.25) is 0 Å². The highest BCUT2D eigenvalue weighted by atomic mass is 16.6. The molecule has 0 aromatic rings. The smallest absolute Gasteiger partial charge is 0.306 e. The van der Waals surface area contributed by atoms with Crippen molar-refractivity contribution in [2.24, 2.45) is 0 Å². The minimum atomic E-state index is -0.836. The summed E-state index contributed by atoms with van der Waals surface area (Å²) in [5.41, 5.74) is 0. The average molecular weight is 1070 g/mol. The molecule has 1 unspecified atom stereocenters. The van der Waals surface area contributed by atoms with Crippen LogP contribution >= 0.6 is 0 Å². The fourth-order valence-corrected chi connectivity index (χ4v) is 8.45. The maximum atomic E-state index is 12.9. The van der Waals surface area contributed by atoms with E-state index >= 15 is 0 Å². The minimum absolute atomic E-state index is 0.121. The summed E-state index contributed by atoms with van der Waals surface area (Å²) in [7, 11) is 0. The standard InChI is InChI=1S/C71H116O6/c1-4-7-10-13-16-19-22-25-27-29-31-33-34-35-36-38-39-41-43-46-49-52-55-58-61-64-70(73)76-67-68(66-75-69(72)63-60-57-54-51-48-45-24-21-18-15-12-9-6-3)77-71(74)65-62-59-56-53-50-47-44-42-40-37-32-30-28-26-23-20-17-14-11-8-5-2/h8-9,11-12,17-18,20-21,26,28-29,31-32,37,42,44-45,48,50,53-54,57,68H,4-7,10,13-16,19,22-25,27,30,33-36,38-41,43,46-47,49,51-52,55-56,58-67H2,1-3H3/b11-8-,12-9-,20-17-,21-18-,28-26-,31-29-,37-32-,44-42-,48-45-,53-50-,57-54-. The maximum absolute atomic E-state index is 12.9. The lowest BCUT2D eigenvalue weighted by atomic mass is 10.0. The van der Waals surface area contributed by atoms with Crippen LogP contribution in [-0.2, 0) is 28.6 Å². The molecule has 6 nitrogen and oxygen atoms in total. The van der Waals surface area contributed by atoms with Crippen LogP contribution in [0.25, 0.3) is 0 Å². The molecule has 0 rings (SSSR count). The van der Waals surface area contributed by atoms with Crippen molar-refractivity contribution in [1.82, 2.24) is 0 Å². The first kappa shape index (κ1) is 72.5. The van der Waals surface area contributed by atoms with E-state index in [2.05, 4.69) is 142 Å². The molecule has 0 saturated heterocycles. The molecule has 0 bridgehead atoms. The summed E-state index contributed by atoms with van der Waals surface area (Å²) in [4.78, 5) is 38.2. The molecule has 77 heavy (non-hydrogen) atoms. The lowest BCUT2D eigenvalue weighted by Crippen LogP contribution is -2.30. The molecule has 0 saturated carbocycles. The van der Waals surface area contributed by atoms with Crippen molar-refractivity contribution in [3.63, 3.8) is 0 Å². The Hall–Kier alpha value is -4.45. The molecule has 0 aromatic heterocycles. The van der Waals surface area contributed by atoms with Gasteiger partial charge in [-0.2, -0.15) is 0 Å². The molecule has 0 spiro atoms. The normalized spacial score (nSPS) is 13.0. The van der Waals surface area contributed by atoms with Crippen LogP contribution in [-0.4, -0.2) is 37.2 Å². The zero-order chi connectivity index (χ0) is 55.7. The van der Waals surface area contributed by atoms with Crippen LogP contribution in [0.15, 0.2) is 134 Å². The van der Waals surface area contributed by atoms with Gasteiger partial charge in [0.05, 0.1) is 0 Å². The maximum Gasteiger partial charge on any atom is 0.306 e. The molecule has 0 aromatic carbocycles. The Morgan fingerprint density at radius 3 is 0.909 bits per heavy atom. The van der Waals surface area contributed by atoms with E-state index in [1.165, 1.54) is 128 Å². The topological polar surface area (TPSA) is 78.9 Å². The lowest BCUT2D eigenvalue weighted by molar-refractivity contribution is -0.166. The highest BCUT2D eigenvalue weighted by Gasteiger charge is 2.19. The first-order chi connectivity index (χ1) is 38.0. The predicted molar refractivity (Wildman–Crippen MR) is 334 cm³/mol. The third-order valence-corrected chi connectivity index (χ3v) is 13.1. The van der Waals surface area contributed by atoms with E-state index in [0.29, 0.717) is 19.3 Å². The van der Waals surface area contributed by atoms with Crippen molar-refractivity contribution in [3.05, 3.63) is 134 Å². The van der Waals surface area contributed by atoms with Gasteiger partial charge in [0.2, 0.25) is 0 Å². The molecule has 0 aliphatic carbocycles. The number of hydrogen-bond acceptors (Lipinski definition) is 6. The lowest BCUT2D eigenvalue weighted by Gasteiger charge is -2.18. The zero-order valence-electron chi connectivity index (χ0n) is 49.9. The fourth-order valence-electron chi connectivity index (χ4n) is 8.45. The summed E-state index contributed by atoms with van der Waals surface area (Å²) in [6.07, 6.45) is 90.6.